The molecule has 0 spiro atoms. The first-order valence-corrected chi connectivity index (χ1v) is 9.14. The molecule has 1 N–H and O–H groups in total. The number of hydrogen-bond acceptors (Lipinski definition) is 4. The molecule has 0 aliphatic heterocycles. The molecule has 0 heterocycles. The van der Waals surface area contributed by atoms with Crippen LogP contribution in [0.15, 0.2) is 0 Å². The zero-order valence-electron chi connectivity index (χ0n) is 12.6. The van der Waals surface area contributed by atoms with Crippen molar-refractivity contribution in [3.63, 3.8) is 0 Å². The maximum absolute atomic E-state index is 5.72. The van der Waals surface area contributed by atoms with Gasteiger partial charge in [-0.3, -0.25) is 4.98 Å². The molecule has 0 aromatic heterocycles. The third-order valence-corrected chi connectivity index (χ3v) is 5.31. The van der Waals surface area contributed by atoms with Crippen LogP contribution in [0.1, 0.15) is 59.8 Å². The smallest absolute Gasteiger partial charge is 0.361 e. The van der Waals surface area contributed by atoms with Crippen molar-refractivity contribution < 1.29 is 13.3 Å². The molecule has 0 aromatic carbocycles. The summed E-state index contributed by atoms with van der Waals surface area (Å²) in [5.41, 5.74) is 0. The van der Waals surface area contributed by atoms with Gasteiger partial charge in [0.2, 0.25) is 0 Å². The molecular formula is C13H31NO3Si. The van der Waals surface area contributed by atoms with Crippen molar-refractivity contribution in [2.45, 2.75) is 59.8 Å². The summed E-state index contributed by atoms with van der Waals surface area (Å²) in [5, 5.41) is 0. The normalized spacial score (nSPS) is 12.0. The third-order valence-electron chi connectivity index (χ3n) is 2.62. The van der Waals surface area contributed by atoms with Crippen LogP contribution >= 0.6 is 0 Å². The molecule has 0 unspecified atom stereocenters. The molecule has 0 saturated carbocycles. The summed E-state index contributed by atoms with van der Waals surface area (Å²) in [6, 6.07) is 0. The first-order chi connectivity index (χ1) is 8.74. The van der Waals surface area contributed by atoms with E-state index in [0.717, 1.165) is 13.0 Å². The van der Waals surface area contributed by atoms with Gasteiger partial charge < -0.3 is 13.3 Å². The van der Waals surface area contributed by atoms with E-state index in [0.29, 0.717) is 19.8 Å². The van der Waals surface area contributed by atoms with Gasteiger partial charge in [-0.2, -0.15) is 0 Å². The van der Waals surface area contributed by atoms with Gasteiger partial charge in [0.15, 0.2) is 0 Å². The molecule has 0 aliphatic carbocycles. The molecule has 0 aliphatic rings. The topological polar surface area (TPSA) is 39.7 Å². The molecule has 5 heteroatoms. The summed E-state index contributed by atoms with van der Waals surface area (Å²) in [7, 11) is -2.61. The molecule has 18 heavy (non-hydrogen) atoms. The quantitative estimate of drug-likeness (QED) is 0.415. The van der Waals surface area contributed by atoms with E-state index in [9.17, 15) is 0 Å². The minimum Gasteiger partial charge on any atom is -0.361 e. The van der Waals surface area contributed by atoms with Crippen LogP contribution in [-0.4, -0.2) is 35.3 Å². The Kier molecular flexibility index (Phi) is 12.1. The van der Waals surface area contributed by atoms with Crippen LogP contribution in [0.25, 0.3) is 0 Å². The summed E-state index contributed by atoms with van der Waals surface area (Å²) in [6.07, 6.45) is 6.33. The summed E-state index contributed by atoms with van der Waals surface area (Å²) < 4.78 is 17.2. The number of nitrogens with one attached hydrogen (secondary N) is 1. The Morgan fingerprint density at radius 3 is 1.67 bits per heavy atom. The van der Waals surface area contributed by atoms with Crippen LogP contribution in [0, 0.1) is 0 Å². The van der Waals surface area contributed by atoms with Crippen molar-refractivity contribution in [2.75, 3.05) is 26.4 Å². The molecule has 110 valence electrons. The fourth-order valence-electron chi connectivity index (χ4n) is 1.82. The second-order valence-corrected chi connectivity index (χ2v) is 6.53. The standard InChI is InChI=1S/C13H31NO3Si/c1-5-9-10-11-12-13-14-18(15-6-2,16-7-3)17-8-4/h14H,5-13H2,1-4H3. The zero-order chi connectivity index (χ0) is 13.7. The van der Waals surface area contributed by atoms with Crippen molar-refractivity contribution in [1.29, 1.82) is 0 Å². The minimum atomic E-state index is -2.61. The molecule has 0 radical (unpaired) electrons. The van der Waals surface area contributed by atoms with Gasteiger partial charge in [-0.25, -0.2) is 0 Å². The van der Waals surface area contributed by atoms with Gasteiger partial charge >= 0.3 is 8.97 Å². The fraction of sp³-hybridized carbons (Fsp3) is 1.00. The van der Waals surface area contributed by atoms with E-state index in [1.807, 2.05) is 20.8 Å². The second-order valence-electron chi connectivity index (χ2n) is 4.20. The average Bonchev–Trinajstić information content (AvgIpc) is 2.35. The van der Waals surface area contributed by atoms with E-state index in [1.54, 1.807) is 0 Å². The third kappa shape index (κ3) is 8.21. The van der Waals surface area contributed by atoms with Crippen LogP contribution in [0.5, 0.6) is 0 Å². The van der Waals surface area contributed by atoms with Crippen molar-refractivity contribution >= 4 is 8.97 Å². The van der Waals surface area contributed by atoms with Crippen molar-refractivity contribution in [1.82, 2.24) is 4.98 Å². The Hall–Kier alpha value is 0.0569. The van der Waals surface area contributed by atoms with Gasteiger partial charge in [-0.15, -0.1) is 0 Å². The molecule has 0 saturated heterocycles. The van der Waals surface area contributed by atoms with Gasteiger partial charge in [0.1, 0.15) is 0 Å². The molecule has 0 rings (SSSR count). The average molecular weight is 277 g/mol. The van der Waals surface area contributed by atoms with Crippen LogP contribution in [0.2, 0.25) is 0 Å². The molecular weight excluding hydrogens is 246 g/mol. The molecule has 0 amide bonds. The van der Waals surface area contributed by atoms with Gasteiger partial charge in [-0.05, 0) is 33.7 Å². The fourth-order valence-corrected chi connectivity index (χ4v) is 4.00. The lowest BCUT2D eigenvalue weighted by molar-refractivity contribution is 0.0598. The maximum atomic E-state index is 5.72. The summed E-state index contributed by atoms with van der Waals surface area (Å²) in [4.78, 5) is 3.39. The molecule has 0 atom stereocenters. The number of unbranched alkanes of at least 4 members (excludes halogenated alkanes) is 4. The predicted octanol–water partition coefficient (Wildman–Crippen LogP) is 3.09. The van der Waals surface area contributed by atoms with Crippen molar-refractivity contribution in [2.24, 2.45) is 0 Å². The first kappa shape index (κ1) is 18.1. The Morgan fingerprint density at radius 2 is 1.22 bits per heavy atom. The van der Waals surface area contributed by atoms with Gasteiger partial charge in [0.05, 0.1) is 0 Å². The second kappa shape index (κ2) is 12.1. The largest absolute Gasteiger partial charge is 0.596 e. The summed E-state index contributed by atoms with van der Waals surface area (Å²) in [5.74, 6) is 0. The highest BCUT2D eigenvalue weighted by Crippen LogP contribution is 2.07. The predicted molar refractivity (Wildman–Crippen MR) is 77.4 cm³/mol. The highest BCUT2D eigenvalue weighted by Gasteiger charge is 2.40. The van der Waals surface area contributed by atoms with E-state index in [2.05, 4.69) is 11.9 Å². The highest BCUT2D eigenvalue weighted by atomic mass is 28.4. The SMILES string of the molecule is CCCCCCCN[Si](OCC)(OCC)OCC. The Balaban J connectivity index is 3.97. The van der Waals surface area contributed by atoms with E-state index < -0.39 is 8.97 Å². The first-order valence-electron chi connectivity index (χ1n) is 7.41. The van der Waals surface area contributed by atoms with Gasteiger partial charge in [-0.1, -0.05) is 32.6 Å². The lowest BCUT2D eigenvalue weighted by Gasteiger charge is -2.28. The van der Waals surface area contributed by atoms with Gasteiger partial charge in [0.25, 0.3) is 0 Å². The van der Waals surface area contributed by atoms with Crippen LogP contribution < -0.4 is 4.98 Å². The molecule has 0 bridgehead atoms. The number of rotatable bonds is 13. The zero-order valence-corrected chi connectivity index (χ0v) is 13.6. The Bertz CT molecular complexity index is 165. The van der Waals surface area contributed by atoms with Crippen LogP contribution in [0.4, 0.5) is 0 Å². The highest BCUT2D eigenvalue weighted by molar-refractivity contribution is 6.57. The van der Waals surface area contributed by atoms with E-state index in [1.165, 1.54) is 25.7 Å². The van der Waals surface area contributed by atoms with Crippen molar-refractivity contribution in [3.8, 4) is 0 Å². The number of hydrogen-bond donors (Lipinski definition) is 1. The van der Waals surface area contributed by atoms with Crippen LogP contribution in [-0.2, 0) is 13.3 Å². The van der Waals surface area contributed by atoms with E-state index >= 15 is 0 Å². The molecule has 0 aromatic rings. The maximum Gasteiger partial charge on any atom is 0.596 e. The minimum absolute atomic E-state index is 0.620. The lowest BCUT2D eigenvalue weighted by Crippen LogP contribution is -2.59. The van der Waals surface area contributed by atoms with Crippen LogP contribution in [0.3, 0.4) is 0 Å². The monoisotopic (exact) mass is 277 g/mol. The Morgan fingerprint density at radius 1 is 0.722 bits per heavy atom. The lowest BCUT2D eigenvalue weighted by atomic mass is 10.2. The molecule has 0 fully saturated rings. The Labute approximate surface area is 114 Å². The van der Waals surface area contributed by atoms with Crippen molar-refractivity contribution in [3.05, 3.63) is 0 Å². The van der Waals surface area contributed by atoms with Gasteiger partial charge in [0, 0.05) is 19.8 Å². The van der Waals surface area contributed by atoms with E-state index in [4.69, 9.17) is 13.3 Å². The molecule has 4 nitrogen and oxygen atoms in total. The summed E-state index contributed by atoms with van der Waals surface area (Å²) in [6.45, 7) is 10.9. The summed E-state index contributed by atoms with van der Waals surface area (Å²) >= 11 is 0. The van der Waals surface area contributed by atoms with E-state index in [-0.39, 0.29) is 0 Å².